The molecular formula is C19H26N4O4S. The third kappa shape index (κ3) is 4.59. The number of sulfonamides is 1. The van der Waals surface area contributed by atoms with E-state index in [1.54, 1.807) is 11.0 Å². The number of carbonyl (C=O) groups is 1. The fourth-order valence-corrected chi connectivity index (χ4v) is 4.29. The van der Waals surface area contributed by atoms with Crippen LogP contribution in [0.2, 0.25) is 0 Å². The zero-order valence-corrected chi connectivity index (χ0v) is 17.4. The molecule has 8 nitrogen and oxygen atoms in total. The van der Waals surface area contributed by atoms with Gasteiger partial charge in [-0.25, -0.2) is 8.42 Å². The second-order valence-electron chi connectivity index (χ2n) is 7.56. The van der Waals surface area contributed by atoms with E-state index in [1.165, 1.54) is 10.6 Å². The van der Waals surface area contributed by atoms with Gasteiger partial charge < -0.3 is 9.42 Å². The summed E-state index contributed by atoms with van der Waals surface area (Å²) in [6.45, 7) is 6.85. The fourth-order valence-electron chi connectivity index (χ4n) is 3.20. The zero-order chi connectivity index (χ0) is 20.5. The van der Waals surface area contributed by atoms with Gasteiger partial charge in [0.05, 0.1) is 12.3 Å². The highest BCUT2D eigenvalue weighted by Crippen LogP contribution is 2.21. The molecule has 1 aliphatic rings. The number of benzene rings is 1. The van der Waals surface area contributed by atoms with Crippen LogP contribution in [0.15, 0.2) is 28.8 Å². The summed E-state index contributed by atoms with van der Waals surface area (Å²) in [6.07, 6.45) is 1.55. The van der Waals surface area contributed by atoms with Gasteiger partial charge >= 0.3 is 0 Å². The summed E-state index contributed by atoms with van der Waals surface area (Å²) in [6, 6.07) is 7.16. The predicted molar refractivity (Wildman–Crippen MR) is 105 cm³/mol. The van der Waals surface area contributed by atoms with E-state index in [1.807, 2.05) is 39.0 Å². The molecule has 9 heteroatoms. The number of amides is 1. The number of hydrogen-bond acceptors (Lipinski definition) is 6. The van der Waals surface area contributed by atoms with Gasteiger partial charge in [-0.2, -0.15) is 9.29 Å². The average Bonchev–Trinajstić information content (AvgIpc) is 3.04. The Morgan fingerprint density at radius 2 is 2.07 bits per heavy atom. The van der Waals surface area contributed by atoms with Crippen LogP contribution >= 0.6 is 0 Å². The van der Waals surface area contributed by atoms with E-state index in [9.17, 15) is 13.2 Å². The van der Waals surface area contributed by atoms with E-state index in [-0.39, 0.29) is 24.4 Å². The molecule has 0 aliphatic carbocycles. The summed E-state index contributed by atoms with van der Waals surface area (Å²) in [7, 11) is -3.42. The molecule has 1 aromatic carbocycles. The van der Waals surface area contributed by atoms with E-state index in [4.69, 9.17) is 4.52 Å². The lowest BCUT2D eigenvalue weighted by atomic mass is 10.1. The molecule has 0 atom stereocenters. The van der Waals surface area contributed by atoms with Crippen molar-refractivity contribution in [1.82, 2.24) is 19.3 Å². The van der Waals surface area contributed by atoms with Crippen LogP contribution in [-0.2, 0) is 16.4 Å². The Balaban J connectivity index is 1.61. The summed E-state index contributed by atoms with van der Waals surface area (Å²) < 4.78 is 31.1. The highest BCUT2D eigenvalue weighted by molar-refractivity contribution is 7.88. The maximum absolute atomic E-state index is 12.6. The van der Waals surface area contributed by atoms with Crippen LogP contribution in [-0.4, -0.2) is 65.6 Å². The Hall–Kier alpha value is -2.26. The summed E-state index contributed by atoms with van der Waals surface area (Å²) in [5.74, 6) is 1.08. The van der Waals surface area contributed by atoms with E-state index in [0.717, 1.165) is 5.56 Å². The van der Waals surface area contributed by atoms with Crippen molar-refractivity contribution in [2.75, 3.05) is 25.9 Å². The predicted octanol–water partition coefficient (Wildman–Crippen LogP) is 1.83. The topological polar surface area (TPSA) is 96.6 Å². The molecular weight excluding hydrogens is 380 g/mol. The van der Waals surface area contributed by atoms with Crippen molar-refractivity contribution < 1.29 is 17.7 Å². The van der Waals surface area contributed by atoms with Crippen molar-refractivity contribution in [1.29, 1.82) is 0 Å². The summed E-state index contributed by atoms with van der Waals surface area (Å²) in [5, 5.41) is 3.91. The average molecular weight is 407 g/mol. The smallest absolute Gasteiger partial charge is 0.253 e. The molecule has 2 aromatic rings. The number of nitrogens with zero attached hydrogens (tertiary/aromatic N) is 4. The third-order valence-electron chi connectivity index (χ3n) is 4.78. The van der Waals surface area contributed by atoms with Crippen LogP contribution in [0.5, 0.6) is 0 Å². The molecule has 1 aliphatic heterocycles. The molecule has 0 radical (unpaired) electrons. The number of rotatable bonds is 7. The first-order valence-corrected chi connectivity index (χ1v) is 11.1. The van der Waals surface area contributed by atoms with E-state index >= 15 is 0 Å². The van der Waals surface area contributed by atoms with Gasteiger partial charge in [0.25, 0.3) is 5.91 Å². The van der Waals surface area contributed by atoms with Crippen LogP contribution < -0.4 is 0 Å². The normalized spacial score (nSPS) is 15.3. The third-order valence-corrected chi connectivity index (χ3v) is 6.11. The number of carbonyl (C=O) groups excluding carboxylic acids is 1. The molecule has 1 amide bonds. The van der Waals surface area contributed by atoms with Gasteiger partial charge in [-0.15, -0.1) is 0 Å². The standard InChI is InChI=1S/C19H26N4O4S/c1-13(2)18-20-17(21-27-18)8-9-23(28(4,25)26)16-11-22(12-16)19(24)15-7-5-6-14(3)10-15/h5-7,10,13,16H,8-9,11-12H2,1-4H3. The Labute approximate surface area is 165 Å². The van der Waals surface area contributed by atoms with Crippen molar-refractivity contribution >= 4 is 15.9 Å². The molecule has 0 spiro atoms. The van der Waals surface area contributed by atoms with Crippen molar-refractivity contribution in [2.24, 2.45) is 0 Å². The molecule has 2 heterocycles. The van der Waals surface area contributed by atoms with E-state index < -0.39 is 10.0 Å². The van der Waals surface area contributed by atoms with Crippen LogP contribution in [0.1, 0.15) is 47.4 Å². The summed E-state index contributed by atoms with van der Waals surface area (Å²) >= 11 is 0. The maximum Gasteiger partial charge on any atom is 0.253 e. The first kappa shape index (κ1) is 20.5. The number of hydrogen-bond donors (Lipinski definition) is 0. The minimum Gasteiger partial charge on any atom is -0.339 e. The molecule has 0 N–H and O–H groups in total. The number of likely N-dealkylation sites (tertiary alicyclic amines) is 1. The molecule has 0 saturated carbocycles. The molecule has 0 unspecified atom stereocenters. The molecule has 1 aromatic heterocycles. The van der Waals surface area contributed by atoms with Crippen molar-refractivity contribution in [3.05, 3.63) is 47.1 Å². The first-order valence-electron chi connectivity index (χ1n) is 9.30. The van der Waals surface area contributed by atoms with Crippen LogP contribution in [0.4, 0.5) is 0 Å². The second-order valence-corrected chi connectivity index (χ2v) is 9.50. The van der Waals surface area contributed by atoms with Crippen molar-refractivity contribution in [3.8, 4) is 0 Å². The van der Waals surface area contributed by atoms with Crippen molar-refractivity contribution in [3.63, 3.8) is 0 Å². The van der Waals surface area contributed by atoms with Gasteiger partial charge in [0.2, 0.25) is 15.9 Å². The minimum atomic E-state index is -3.42. The largest absolute Gasteiger partial charge is 0.339 e. The molecule has 152 valence electrons. The first-order chi connectivity index (χ1) is 13.1. The van der Waals surface area contributed by atoms with Crippen LogP contribution in [0, 0.1) is 6.92 Å². The monoisotopic (exact) mass is 406 g/mol. The van der Waals surface area contributed by atoms with Gasteiger partial charge in [0.15, 0.2) is 5.82 Å². The van der Waals surface area contributed by atoms with Gasteiger partial charge in [-0.05, 0) is 19.1 Å². The van der Waals surface area contributed by atoms with Crippen LogP contribution in [0.25, 0.3) is 0 Å². The molecule has 1 fully saturated rings. The van der Waals surface area contributed by atoms with Gasteiger partial charge in [0, 0.05) is 37.5 Å². The fraction of sp³-hybridized carbons (Fsp3) is 0.526. The maximum atomic E-state index is 12.6. The summed E-state index contributed by atoms with van der Waals surface area (Å²) in [5.41, 5.74) is 1.64. The molecule has 28 heavy (non-hydrogen) atoms. The lowest BCUT2D eigenvalue weighted by Gasteiger charge is -2.44. The Morgan fingerprint density at radius 3 is 2.64 bits per heavy atom. The Kier molecular flexibility index (Phi) is 5.85. The van der Waals surface area contributed by atoms with Gasteiger partial charge in [-0.1, -0.05) is 36.7 Å². The van der Waals surface area contributed by atoms with Gasteiger partial charge in [0.1, 0.15) is 0 Å². The second kappa shape index (κ2) is 8.00. The van der Waals surface area contributed by atoms with E-state index in [2.05, 4.69) is 10.1 Å². The number of aromatic nitrogens is 2. The van der Waals surface area contributed by atoms with Crippen molar-refractivity contribution in [2.45, 2.75) is 39.2 Å². The highest BCUT2D eigenvalue weighted by atomic mass is 32.2. The Morgan fingerprint density at radius 1 is 1.36 bits per heavy atom. The van der Waals surface area contributed by atoms with E-state index in [0.29, 0.717) is 36.8 Å². The minimum absolute atomic E-state index is 0.0758. The lowest BCUT2D eigenvalue weighted by molar-refractivity contribution is 0.0454. The summed E-state index contributed by atoms with van der Waals surface area (Å²) in [4.78, 5) is 18.5. The quantitative estimate of drug-likeness (QED) is 0.696. The molecule has 1 saturated heterocycles. The van der Waals surface area contributed by atoms with Gasteiger partial charge in [-0.3, -0.25) is 4.79 Å². The molecule has 3 rings (SSSR count). The molecule has 0 bridgehead atoms. The zero-order valence-electron chi connectivity index (χ0n) is 16.6. The highest BCUT2D eigenvalue weighted by Gasteiger charge is 2.39. The SMILES string of the molecule is Cc1cccc(C(=O)N2CC(N(CCc3noc(C(C)C)n3)S(C)(=O)=O)C2)c1. The lowest BCUT2D eigenvalue weighted by Crippen LogP contribution is -2.62. The van der Waals surface area contributed by atoms with Crippen LogP contribution in [0.3, 0.4) is 0 Å². The Bertz CT molecular complexity index is 948. The number of aryl methyl sites for hydroxylation is 1.